The van der Waals surface area contributed by atoms with Crippen LogP contribution in [0.25, 0.3) is 0 Å². The van der Waals surface area contributed by atoms with Crippen molar-refractivity contribution in [2.24, 2.45) is 5.92 Å². The van der Waals surface area contributed by atoms with E-state index in [-0.39, 0.29) is 5.91 Å². The van der Waals surface area contributed by atoms with Crippen molar-refractivity contribution in [3.8, 4) is 0 Å². The number of aromatic nitrogens is 2. The summed E-state index contributed by atoms with van der Waals surface area (Å²) in [4.78, 5) is 14.2. The molecular weight excluding hydrogens is 276 g/mol. The molecule has 1 aromatic rings. The molecule has 0 spiro atoms. The van der Waals surface area contributed by atoms with Crippen LogP contribution in [0.1, 0.15) is 24.8 Å². The number of anilines is 1. The number of carbonyl (C=O) groups is 1. The van der Waals surface area contributed by atoms with Crippen molar-refractivity contribution < 1.29 is 9.53 Å². The van der Waals surface area contributed by atoms with Crippen LogP contribution in [-0.2, 0) is 16.0 Å². The van der Waals surface area contributed by atoms with E-state index >= 15 is 0 Å². The first kappa shape index (κ1) is 15.3. The van der Waals surface area contributed by atoms with Gasteiger partial charge in [0.2, 0.25) is 11.0 Å². The third kappa shape index (κ3) is 4.50. The lowest BCUT2D eigenvalue weighted by Gasteiger charge is -2.15. The summed E-state index contributed by atoms with van der Waals surface area (Å²) in [6.07, 6.45) is 2.51. The lowest BCUT2D eigenvalue weighted by Crippen LogP contribution is -2.26. The second-order valence-electron chi connectivity index (χ2n) is 5.06. The molecule has 6 nitrogen and oxygen atoms in total. The summed E-state index contributed by atoms with van der Waals surface area (Å²) in [7, 11) is 1.74. The highest BCUT2D eigenvalue weighted by Gasteiger charge is 2.22. The molecule has 0 bridgehead atoms. The van der Waals surface area contributed by atoms with E-state index in [0.29, 0.717) is 17.5 Å². The summed E-state index contributed by atoms with van der Waals surface area (Å²) in [6, 6.07) is 0. The number of aryl methyl sites for hydroxylation is 1. The predicted molar refractivity (Wildman–Crippen MR) is 79.0 cm³/mol. The van der Waals surface area contributed by atoms with Gasteiger partial charge >= 0.3 is 0 Å². The summed E-state index contributed by atoms with van der Waals surface area (Å²) in [5, 5.41) is 12.3. The number of rotatable bonds is 7. The number of ether oxygens (including phenoxy) is 1. The molecule has 2 rings (SSSR count). The molecule has 1 aromatic heterocycles. The lowest BCUT2D eigenvalue weighted by molar-refractivity contribution is -0.116. The molecule has 1 aliphatic heterocycles. The van der Waals surface area contributed by atoms with Crippen LogP contribution in [-0.4, -0.2) is 54.4 Å². The number of nitrogens with zero attached hydrogens (tertiary/aromatic N) is 3. The van der Waals surface area contributed by atoms with E-state index in [1.54, 1.807) is 7.11 Å². The van der Waals surface area contributed by atoms with Crippen molar-refractivity contribution in [1.29, 1.82) is 0 Å². The molecule has 7 heteroatoms. The van der Waals surface area contributed by atoms with E-state index in [0.717, 1.165) is 44.1 Å². The molecule has 0 saturated carbocycles. The Morgan fingerprint density at radius 1 is 1.55 bits per heavy atom. The molecule has 2 heterocycles. The van der Waals surface area contributed by atoms with Crippen molar-refractivity contribution in [1.82, 2.24) is 15.1 Å². The maximum absolute atomic E-state index is 11.9. The molecule has 1 atom stereocenters. The van der Waals surface area contributed by atoms with E-state index in [9.17, 15) is 4.79 Å². The lowest BCUT2D eigenvalue weighted by atomic mass is 10.1. The molecule has 1 fully saturated rings. The Hall–Kier alpha value is -1.05. The maximum atomic E-state index is 11.9. The number of nitrogens with one attached hydrogen (secondary N) is 1. The molecule has 0 aromatic carbocycles. The fraction of sp³-hybridized carbons (Fsp3) is 0.769. The molecule has 1 N–H and O–H groups in total. The number of hydrogen-bond donors (Lipinski definition) is 1. The van der Waals surface area contributed by atoms with Gasteiger partial charge in [-0.2, -0.15) is 0 Å². The molecule has 0 aliphatic carbocycles. The van der Waals surface area contributed by atoms with Crippen LogP contribution in [0.3, 0.4) is 0 Å². The largest absolute Gasteiger partial charge is 0.384 e. The van der Waals surface area contributed by atoms with Crippen molar-refractivity contribution in [2.45, 2.75) is 26.2 Å². The predicted octanol–water partition coefficient (Wildman–Crippen LogP) is 1.40. The van der Waals surface area contributed by atoms with Crippen molar-refractivity contribution in [3.63, 3.8) is 0 Å². The number of methoxy groups -OCH3 is 1. The Labute approximate surface area is 123 Å². The van der Waals surface area contributed by atoms with E-state index in [4.69, 9.17) is 4.74 Å². The van der Waals surface area contributed by atoms with E-state index < -0.39 is 0 Å². The highest BCUT2D eigenvalue weighted by molar-refractivity contribution is 7.15. The Morgan fingerprint density at radius 3 is 3.10 bits per heavy atom. The Morgan fingerprint density at radius 2 is 2.40 bits per heavy atom. The minimum atomic E-state index is 0.0130. The van der Waals surface area contributed by atoms with Gasteiger partial charge in [0, 0.05) is 26.6 Å². The van der Waals surface area contributed by atoms with Crippen LogP contribution >= 0.6 is 11.3 Å². The summed E-state index contributed by atoms with van der Waals surface area (Å²) in [5.74, 6) is 0.623. The summed E-state index contributed by atoms with van der Waals surface area (Å²) < 4.78 is 5.17. The third-order valence-corrected chi connectivity index (χ3v) is 4.43. The van der Waals surface area contributed by atoms with Gasteiger partial charge in [0.25, 0.3) is 0 Å². The van der Waals surface area contributed by atoms with Crippen LogP contribution in [0.15, 0.2) is 0 Å². The first-order valence-electron chi connectivity index (χ1n) is 7.04. The van der Waals surface area contributed by atoms with Gasteiger partial charge in [0.15, 0.2) is 0 Å². The fourth-order valence-electron chi connectivity index (χ4n) is 2.38. The number of hydrogen-bond acceptors (Lipinski definition) is 6. The van der Waals surface area contributed by atoms with Gasteiger partial charge < -0.3 is 15.0 Å². The van der Waals surface area contributed by atoms with Crippen LogP contribution in [0.4, 0.5) is 5.13 Å². The van der Waals surface area contributed by atoms with E-state index in [2.05, 4.69) is 20.4 Å². The minimum absolute atomic E-state index is 0.0130. The third-order valence-electron chi connectivity index (χ3n) is 3.44. The standard InChI is InChI=1S/C13H22N4O2S/c1-3-12-15-16-13(20-12)14-11(18)5-7-17-6-4-10(8-17)9-19-2/h10H,3-9H2,1-2H3,(H,14,16,18). The second kappa shape index (κ2) is 7.66. The quantitative estimate of drug-likeness (QED) is 0.824. The zero-order valence-electron chi connectivity index (χ0n) is 12.1. The van der Waals surface area contributed by atoms with Gasteiger partial charge in [-0.1, -0.05) is 18.3 Å². The van der Waals surface area contributed by atoms with Crippen molar-refractivity contribution in [3.05, 3.63) is 5.01 Å². The van der Waals surface area contributed by atoms with Crippen LogP contribution in [0.2, 0.25) is 0 Å². The van der Waals surface area contributed by atoms with Crippen LogP contribution < -0.4 is 5.32 Å². The fourth-order valence-corrected chi connectivity index (χ4v) is 3.07. The van der Waals surface area contributed by atoms with E-state index in [1.807, 2.05) is 6.92 Å². The summed E-state index contributed by atoms with van der Waals surface area (Å²) in [6.45, 7) is 5.72. The molecule has 1 amide bonds. The molecule has 20 heavy (non-hydrogen) atoms. The maximum Gasteiger partial charge on any atom is 0.227 e. The number of likely N-dealkylation sites (tertiary alicyclic amines) is 1. The highest BCUT2D eigenvalue weighted by Crippen LogP contribution is 2.17. The average molecular weight is 298 g/mol. The zero-order chi connectivity index (χ0) is 14.4. The van der Waals surface area contributed by atoms with Gasteiger partial charge in [-0.25, -0.2) is 0 Å². The van der Waals surface area contributed by atoms with Gasteiger partial charge in [-0.3, -0.25) is 4.79 Å². The van der Waals surface area contributed by atoms with Gasteiger partial charge in [0.05, 0.1) is 6.61 Å². The van der Waals surface area contributed by atoms with Gasteiger partial charge in [-0.15, -0.1) is 10.2 Å². The molecule has 1 unspecified atom stereocenters. The Bertz CT molecular complexity index is 438. The second-order valence-corrected chi connectivity index (χ2v) is 6.13. The van der Waals surface area contributed by atoms with Crippen molar-refractivity contribution in [2.75, 3.05) is 38.7 Å². The van der Waals surface area contributed by atoms with Gasteiger partial charge in [0.1, 0.15) is 5.01 Å². The zero-order valence-corrected chi connectivity index (χ0v) is 12.9. The summed E-state index contributed by atoms with van der Waals surface area (Å²) >= 11 is 1.44. The minimum Gasteiger partial charge on any atom is -0.384 e. The normalized spacial score (nSPS) is 19.4. The van der Waals surface area contributed by atoms with Crippen molar-refractivity contribution >= 4 is 22.4 Å². The van der Waals surface area contributed by atoms with E-state index in [1.165, 1.54) is 11.3 Å². The first-order valence-corrected chi connectivity index (χ1v) is 7.86. The molecule has 1 aliphatic rings. The molecule has 1 saturated heterocycles. The van der Waals surface area contributed by atoms with Gasteiger partial charge in [-0.05, 0) is 25.3 Å². The number of amides is 1. The Kier molecular flexibility index (Phi) is 5.87. The average Bonchev–Trinajstić information content (AvgIpc) is 3.06. The monoisotopic (exact) mass is 298 g/mol. The summed E-state index contributed by atoms with van der Waals surface area (Å²) in [5.41, 5.74) is 0. The molecule has 112 valence electrons. The van der Waals surface area contributed by atoms with Crippen LogP contribution in [0.5, 0.6) is 0 Å². The smallest absolute Gasteiger partial charge is 0.227 e. The van der Waals surface area contributed by atoms with Crippen LogP contribution in [0, 0.1) is 5.92 Å². The Balaban J connectivity index is 1.68. The SMILES string of the molecule is CCc1nnc(NC(=O)CCN2CCC(COC)C2)s1. The molecule has 0 radical (unpaired) electrons. The molecular formula is C13H22N4O2S. The number of carbonyl (C=O) groups excluding carboxylic acids is 1. The highest BCUT2D eigenvalue weighted by atomic mass is 32.1. The topological polar surface area (TPSA) is 67.4 Å². The first-order chi connectivity index (χ1) is 9.71.